The average molecular weight is 328 g/mol. The lowest BCUT2D eigenvalue weighted by atomic mass is 10.1. The van der Waals surface area contributed by atoms with Crippen LogP contribution < -0.4 is 5.73 Å². The lowest BCUT2D eigenvalue weighted by Gasteiger charge is -2.24. The number of benzene rings is 1. The van der Waals surface area contributed by atoms with Crippen LogP contribution in [0.15, 0.2) is 22.7 Å². The molecule has 1 rings (SSSR count). The van der Waals surface area contributed by atoms with Gasteiger partial charge in [-0.15, -0.1) is 0 Å². The van der Waals surface area contributed by atoms with E-state index in [0.717, 1.165) is 30.5 Å². The number of rotatable bonds is 6. The van der Waals surface area contributed by atoms with E-state index in [1.807, 2.05) is 25.1 Å². The summed E-state index contributed by atoms with van der Waals surface area (Å²) in [4.78, 5) is 16.4. The predicted molar refractivity (Wildman–Crippen MR) is 83.3 cm³/mol. The highest BCUT2D eigenvalue weighted by atomic mass is 79.9. The third-order valence-corrected chi connectivity index (χ3v) is 3.56. The van der Waals surface area contributed by atoms with Gasteiger partial charge in [0.05, 0.1) is 0 Å². The van der Waals surface area contributed by atoms with Crippen molar-refractivity contribution in [1.82, 2.24) is 9.80 Å². The summed E-state index contributed by atoms with van der Waals surface area (Å²) < 4.78 is 0.819. The minimum Gasteiger partial charge on any atom is -0.398 e. The van der Waals surface area contributed by atoms with E-state index in [9.17, 15) is 4.79 Å². The van der Waals surface area contributed by atoms with Crippen molar-refractivity contribution < 1.29 is 4.79 Å². The Kier molecular flexibility index (Phi) is 6.31. The summed E-state index contributed by atoms with van der Waals surface area (Å²) in [5.74, 6) is 0.0444. The zero-order valence-corrected chi connectivity index (χ0v) is 13.4. The second-order valence-corrected chi connectivity index (χ2v) is 5.69. The normalized spacial score (nSPS) is 10.8. The van der Waals surface area contributed by atoms with Crippen molar-refractivity contribution in [2.45, 2.75) is 13.3 Å². The highest BCUT2D eigenvalue weighted by molar-refractivity contribution is 9.10. The summed E-state index contributed by atoms with van der Waals surface area (Å²) in [6.07, 6.45) is 0.950. The van der Waals surface area contributed by atoms with Crippen LogP contribution >= 0.6 is 15.9 Å². The molecular weight excluding hydrogens is 306 g/mol. The molecular formula is C14H22BrN3O. The zero-order chi connectivity index (χ0) is 14.4. The molecule has 0 saturated heterocycles. The predicted octanol–water partition coefficient (Wildman–Crippen LogP) is 2.45. The maximum atomic E-state index is 12.4. The fourth-order valence-electron chi connectivity index (χ4n) is 1.76. The molecule has 4 nitrogen and oxygen atoms in total. The van der Waals surface area contributed by atoms with Crippen molar-refractivity contribution in [3.8, 4) is 0 Å². The number of anilines is 1. The fourth-order valence-corrected chi connectivity index (χ4v) is 2.01. The van der Waals surface area contributed by atoms with Crippen LogP contribution in [0.4, 0.5) is 5.69 Å². The smallest absolute Gasteiger partial charge is 0.253 e. The molecule has 5 heteroatoms. The third-order valence-electron chi connectivity index (χ3n) is 2.84. The second-order valence-electron chi connectivity index (χ2n) is 4.83. The quantitative estimate of drug-likeness (QED) is 0.816. The van der Waals surface area contributed by atoms with Crippen LogP contribution in [0.3, 0.4) is 0 Å². The third kappa shape index (κ3) is 4.84. The number of likely N-dealkylation sites (N-methyl/N-ethyl adjacent to an activating group) is 1. The SMILES string of the molecule is CCCN(CCN(C)C)C(=O)c1ccc(Br)c(N)c1. The monoisotopic (exact) mass is 327 g/mol. The Balaban J connectivity index is 2.82. The van der Waals surface area contributed by atoms with E-state index in [0.29, 0.717) is 11.3 Å². The van der Waals surface area contributed by atoms with Crippen LogP contribution in [-0.4, -0.2) is 49.4 Å². The van der Waals surface area contributed by atoms with Gasteiger partial charge in [0.1, 0.15) is 0 Å². The average Bonchev–Trinajstić information content (AvgIpc) is 2.36. The van der Waals surface area contributed by atoms with Crippen LogP contribution in [0.5, 0.6) is 0 Å². The van der Waals surface area contributed by atoms with Gasteiger partial charge in [-0.2, -0.15) is 0 Å². The molecule has 0 aromatic heterocycles. The Morgan fingerprint density at radius 2 is 1.95 bits per heavy atom. The summed E-state index contributed by atoms with van der Waals surface area (Å²) in [5, 5.41) is 0. The molecule has 0 atom stereocenters. The summed E-state index contributed by atoms with van der Waals surface area (Å²) in [7, 11) is 4.01. The first kappa shape index (κ1) is 16.0. The number of nitrogens with two attached hydrogens (primary N) is 1. The van der Waals surface area contributed by atoms with Gasteiger partial charge >= 0.3 is 0 Å². The van der Waals surface area contributed by atoms with Crippen molar-refractivity contribution in [1.29, 1.82) is 0 Å². The standard InChI is InChI=1S/C14H22BrN3O/c1-4-7-18(9-8-17(2)3)14(19)11-5-6-12(15)13(16)10-11/h5-6,10H,4,7-9,16H2,1-3H3. The molecule has 19 heavy (non-hydrogen) atoms. The highest BCUT2D eigenvalue weighted by Crippen LogP contribution is 2.21. The molecule has 0 saturated carbocycles. The summed E-state index contributed by atoms with van der Waals surface area (Å²) >= 11 is 3.34. The molecule has 0 aliphatic heterocycles. The minimum atomic E-state index is 0.0444. The van der Waals surface area contributed by atoms with E-state index < -0.39 is 0 Å². The molecule has 106 valence electrons. The molecule has 0 aliphatic rings. The van der Waals surface area contributed by atoms with Crippen LogP contribution in [0, 0.1) is 0 Å². The van der Waals surface area contributed by atoms with Gasteiger partial charge < -0.3 is 15.5 Å². The van der Waals surface area contributed by atoms with Crippen molar-refractivity contribution in [2.75, 3.05) is 39.5 Å². The summed E-state index contributed by atoms with van der Waals surface area (Å²) in [5.41, 5.74) is 7.07. The van der Waals surface area contributed by atoms with Gasteiger partial charge in [-0.05, 0) is 54.6 Å². The molecule has 0 bridgehead atoms. The highest BCUT2D eigenvalue weighted by Gasteiger charge is 2.15. The number of nitrogens with zero attached hydrogens (tertiary/aromatic N) is 2. The van der Waals surface area contributed by atoms with Gasteiger partial charge in [-0.1, -0.05) is 6.92 Å². The van der Waals surface area contributed by atoms with Crippen molar-refractivity contribution in [3.05, 3.63) is 28.2 Å². The molecule has 0 unspecified atom stereocenters. The first-order valence-corrected chi connectivity index (χ1v) is 7.24. The van der Waals surface area contributed by atoms with Gasteiger partial charge in [0, 0.05) is 35.4 Å². The number of halogens is 1. The minimum absolute atomic E-state index is 0.0444. The topological polar surface area (TPSA) is 49.6 Å². The van der Waals surface area contributed by atoms with E-state index in [4.69, 9.17) is 5.73 Å². The maximum Gasteiger partial charge on any atom is 0.253 e. The molecule has 0 aliphatic carbocycles. The van der Waals surface area contributed by atoms with E-state index in [-0.39, 0.29) is 5.91 Å². The van der Waals surface area contributed by atoms with Crippen LogP contribution in [0.25, 0.3) is 0 Å². The van der Waals surface area contributed by atoms with E-state index in [1.165, 1.54) is 0 Å². The lowest BCUT2D eigenvalue weighted by Crippen LogP contribution is -2.37. The zero-order valence-electron chi connectivity index (χ0n) is 11.8. The Morgan fingerprint density at radius 3 is 2.47 bits per heavy atom. The second kappa shape index (κ2) is 7.50. The van der Waals surface area contributed by atoms with Crippen molar-refractivity contribution in [2.24, 2.45) is 0 Å². The number of carbonyl (C=O) groups is 1. The number of hydrogen-bond acceptors (Lipinski definition) is 3. The molecule has 1 aromatic carbocycles. The molecule has 0 radical (unpaired) electrons. The molecule has 1 amide bonds. The number of amides is 1. The Morgan fingerprint density at radius 1 is 1.26 bits per heavy atom. The largest absolute Gasteiger partial charge is 0.398 e. The van der Waals surface area contributed by atoms with E-state index in [1.54, 1.807) is 12.1 Å². The van der Waals surface area contributed by atoms with Gasteiger partial charge in [0.2, 0.25) is 0 Å². The van der Waals surface area contributed by atoms with E-state index >= 15 is 0 Å². The first-order chi connectivity index (χ1) is 8.95. The summed E-state index contributed by atoms with van der Waals surface area (Å²) in [6, 6.07) is 5.35. The summed E-state index contributed by atoms with van der Waals surface area (Å²) in [6.45, 7) is 4.43. The maximum absolute atomic E-state index is 12.4. The van der Waals surface area contributed by atoms with Gasteiger partial charge in [-0.3, -0.25) is 4.79 Å². The van der Waals surface area contributed by atoms with Crippen LogP contribution in [0.1, 0.15) is 23.7 Å². The molecule has 0 heterocycles. The van der Waals surface area contributed by atoms with Gasteiger partial charge in [0.15, 0.2) is 0 Å². The number of carbonyl (C=O) groups excluding carboxylic acids is 1. The van der Waals surface area contributed by atoms with Gasteiger partial charge in [-0.25, -0.2) is 0 Å². The van der Waals surface area contributed by atoms with Crippen molar-refractivity contribution in [3.63, 3.8) is 0 Å². The first-order valence-electron chi connectivity index (χ1n) is 6.44. The van der Waals surface area contributed by atoms with Crippen LogP contribution in [0.2, 0.25) is 0 Å². The Labute approximate surface area is 123 Å². The number of nitrogen functional groups attached to an aromatic ring is 1. The fraction of sp³-hybridized carbons (Fsp3) is 0.500. The van der Waals surface area contributed by atoms with Crippen LogP contribution in [-0.2, 0) is 0 Å². The molecule has 1 aromatic rings. The Hall–Kier alpha value is -1.07. The van der Waals surface area contributed by atoms with E-state index in [2.05, 4.69) is 27.8 Å². The van der Waals surface area contributed by atoms with Crippen molar-refractivity contribution >= 4 is 27.5 Å². The van der Waals surface area contributed by atoms with Gasteiger partial charge in [0.25, 0.3) is 5.91 Å². The molecule has 2 N–H and O–H groups in total. The Bertz CT molecular complexity index is 435. The number of hydrogen-bond donors (Lipinski definition) is 1. The molecule has 0 fully saturated rings. The lowest BCUT2D eigenvalue weighted by molar-refractivity contribution is 0.0745. The molecule has 0 spiro atoms.